The van der Waals surface area contributed by atoms with Gasteiger partial charge in [-0.15, -0.1) is 0 Å². The van der Waals surface area contributed by atoms with Crippen LogP contribution in [0, 0.1) is 5.41 Å². The normalized spacial score (nSPS) is 20.6. The van der Waals surface area contributed by atoms with Crippen LogP contribution in [0.25, 0.3) is 5.69 Å². The van der Waals surface area contributed by atoms with Gasteiger partial charge in [0.2, 0.25) is 20.9 Å². The second kappa shape index (κ2) is 6.81. The standard InChI is InChI=1S/C21H21N5O3S/c1-30(28,29)20-25-9-10-26(20)16-7-5-15(6-8-16)21(19(24)27)12-17(21)13-3-2-4-14(11-13)18(22)23/h2-11,17H,12H2,1H3,(H3,22,23)(H2,24,27). The topological polar surface area (TPSA) is 145 Å². The Bertz CT molecular complexity index is 1260. The number of nitrogens with one attached hydrogen (secondary N) is 1. The largest absolute Gasteiger partial charge is 0.384 e. The van der Waals surface area contributed by atoms with E-state index in [1.165, 1.54) is 10.8 Å². The molecule has 9 heteroatoms. The van der Waals surface area contributed by atoms with Crippen LogP contribution in [0.2, 0.25) is 0 Å². The first kappa shape index (κ1) is 19.8. The lowest BCUT2D eigenvalue weighted by Crippen LogP contribution is -2.30. The van der Waals surface area contributed by atoms with E-state index in [0.29, 0.717) is 17.7 Å². The molecule has 1 fully saturated rings. The Morgan fingerprint density at radius 2 is 1.90 bits per heavy atom. The van der Waals surface area contributed by atoms with Gasteiger partial charge in [-0.3, -0.25) is 14.8 Å². The van der Waals surface area contributed by atoms with Crippen molar-refractivity contribution in [3.63, 3.8) is 0 Å². The Balaban J connectivity index is 1.70. The van der Waals surface area contributed by atoms with Crippen LogP contribution in [0.15, 0.2) is 66.1 Å². The summed E-state index contributed by atoms with van der Waals surface area (Å²) in [5.74, 6) is -0.568. The first-order valence-corrected chi connectivity index (χ1v) is 11.1. The van der Waals surface area contributed by atoms with Gasteiger partial charge in [-0.25, -0.2) is 13.4 Å². The van der Waals surface area contributed by atoms with Crippen molar-refractivity contribution >= 4 is 21.6 Å². The van der Waals surface area contributed by atoms with Crippen molar-refractivity contribution in [2.75, 3.05) is 6.26 Å². The summed E-state index contributed by atoms with van der Waals surface area (Å²) >= 11 is 0. The molecular formula is C21H21N5O3S. The van der Waals surface area contributed by atoms with Gasteiger partial charge >= 0.3 is 0 Å². The maximum atomic E-state index is 12.4. The highest BCUT2D eigenvalue weighted by atomic mass is 32.2. The summed E-state index contributed by atoms with van der Waals surface area (Å²) in [7, 11) is -3.48. The number of aromatic nitrogens is 2. The number of benzene rings is 2. The van der Waals surface area contributed by atoms with Crippen LogP contribution < -0.4 is 11.5 Å². The van der Waals surface area contributed by atoms with Crippen molar-refractivity contribution in [3.05, 3.63) is 77.6 Å². The van der Waals surface area contributed by atoms with Crippen molar-refractivity contribution in [1.82, 2.24) is 9.55 Å². The van der Waals surface area contributed by atoms with Crippen LogP contribution in [0.1, 0.15) is 29.0 Å². The number of carbonyl (C=O) groups is 1. The van der Waals surface area contributed by atoms with Gasteiger partial charge in [0.25, 0.3) is 0 Å². The number of sulfone groups is 1. The predicted octanol–water partition coefficient (Wildman–Crippen LogP) is 1.47. The van der Waals surface area contributed by atoms with Crippen molar-refractivity contribution < 1.29 is 13.2 Å². The smallest absolute Gasteiger partial charge is 0.231 e. The first-order chi connectivity index (χ1) is 14.1. The summed E-state index contributed by atoms with van der Waals surface area (Å²) < 4.78 is 25.3. The Kier molecular flexibility index (Phi) is 4.50. The molecule has 30 heavy (non-hydrogen) atoms. The summed E-state index contributed by atoms with van der Waals surface area (Å²) in [5, 5.41) is 7.58. The summed E-state index contributed by atoms with van der Waals surface area (Å²) in [6.45, 7) is 0. The van der Waals surface area contributed by atoms with E-state index in [1.54, 1.807) is 36.5 Å². The fourth-order valence-electron chi connectivity index (χ4n) is 4.00. The highest BCUT2D eigenvalue weighted by molar-refractivity contribution is 7.90. The second-order valence-corrected chi connectivity index (χ2v) is 9.44. The summed E-state index contributed by atoms with van der Waals surface area (Å²) in [6.07, 6.45) is 4.66. The van der Waals surface area contributed by atoms with Crippen LogP contribution in [-0.2, 0) is 20.0 Å². The minimum atomic E-state index is -3.48. The van der Waals surface area contributed by atoms with Gasteiger partial charge in [0, 0.05) is 35.8 Å². The molecule has 1 aromatic heterocycles. The van der Waals surface area contributed by atoms with Gasteiger partial charge < -0.3 is 11.5 Å². The Labute approximate surface area is 174 Å². The first-order valence-electron chi connectivity index (χ1n) is 9.23. The Morgan fingerprint density at radius 3 is 2.50 bits per heavy atom. The van der Waals surface area contributed by atoms with E-state index < -0.39 is 21.2 Å². The molecule has 1 heterocycles. The highest BCUT2D eigenvalue weighted by Gasteiger charge is 2.60. The van der Waals surface area contributed by atoms with Crippen LogP contribution in [-0.4, -0.2) is 36.0 Å². The molecule has 1 aliphatic carbocycles. The number of amidine groups is 1. The van der Waals surface area contributed by atoms with Gasteiger partial charge in [0.15, 0.2) is 0 Å². The van der Waals surface area contributed by atoms with Crippen LogP contribution >= 0.6 is 0 Å². The molecule has 1 aliphatic rings. The zero-order valence-corrected chi connectivity index (χ0v) is 17.1. The molecule has 4 rings (SSSR count). The number of nitrogen functional groups attached to an aromatic ring is 1. The SMILES string of the molecule is CS(=O)(=O)c1nccn1-c1ccc(C2(C(N)=O)CC2c2cccc(C(=N)N)c2)cc1. The molecule has 0 spiro atoms. The molecule has 2 atom stereocenters. The summed E-state index contributed by atoms with van der Waals surface area (Å²) in [5.41, 5.74) is 13.4. The number of primary amides is 1. The highest BCUT2D eigenvalue weighted by Crippen LogP contribution is 2.60. The molecule has 154 valence electrons. The van der Waals surface area contributed by atoms with Crippen molar-refractivity contribution in [2.24, 2.45) is 11.5 Å². The van der Waals surface area contributed by atoms with Crippen molar-refractivity contribution in [2.45, 2.75) is 22.9 Å². The van der Waals surface area contributed by atoms with Crippen molar-refractivity contribution in [1.29, 1.82) is 5.41 Å². The lowest BCUT2D eigenvalue weighted by atomic mass is 9.89. The van der Waals surface area contributed by atoms with Gasteiger partial charge in [0.05, 0.1) is 5.41 Å². The Hall–Kier alpha value is -3.46. The third-order valence-corrected chi connectivity index (χ3v) is 6.56. The van der Waals surface area contributed by atoms with E-state index in [4.69, 9.17) is 16.9 Å². The number of amides is 1. The van der Waals surface area contributed by atoms with E-state index in [-0.39, 0.29) is 16.9 Å². The van der Waals surface area contributed by atoms with Crippen molar-refractivity contribution in [3.8, 4) is 5.69 Å². The van der Waals surface area contributed by atoms with E-state index in [9.17, 15) is 13.2 Å². The molecule has 2 aromatic carbocycles. The number of nitrogens with two attached hydrogens (primary N) is 2. The van der Waals surface area contributed by atoms with E-state index in [0.717, 1.165) is 17.4 Å². The molecule has 1 saturated carbocycles. The monoisotopic (exact) mass is 423 g/mol. The third-order valence-electron chi connectivity index (χ3n) is 5.60. The minimum Gasteiger partial charge on any atom is -0.384 e. The maximum absolute atomic E-state index is 12.4. The van der Waals surface area contributed by atoms with Crippen LogP contribution in [0.4, 0.5) is 0 Å². The van der Waals surface area contributed by atoms with Gasteiger partial charge in [-0.2, -0.15) is 0 Å². The molecule has 1 amide bonds. The zero-order chi connectivity index (χ0) is 21.7. The maximum Gasteiger partial charge on any atom is 0.231 e. The quantitative estimate of drug-likeness (QED) is 0.406. The minimum absolute atomic E-state index is 0.0338. The molecule has 0 bridgehead atoms. The number of imidazole rings is 1. The number of hydrogen-bond donors (Lipinski definition) is 3. The predicted molar refractivity (Wildman–Crippen MR) is 112 cm³/mol. The van der Waals surface area contributed by atoms with E-state index in [2.05, 4.69) is 4.98 Å². The summed E-state index contributed by atoms with van der Waals surface area (Å²) in [6, 6.07) is 14.4. The molecule has 0 saturated heterocycles. The molecule has 0 aliphatic heterocycles. The number of carbonyl (C=O) groups excluding carboxylic acids is 1. The molecule has 3 aromatic rings. The molecule has 2 unspecified atom stereocenters. The van der Waals surface area contributed by atoms with Gasteiger partial charge in [-0.05, 0) is 35.7 Å². The number of nitrogens with zero attached hydrogens (tertiary/aromatic N) is 2. The fourth-order valence-corrected chi connectivity index (χ4v) is 4.78. The molecule has 8 nitrogen and oxygen atoms in total. The molecule has 5 N–H and O–H groups in total. The fraction of sp³-hybridized carbons (Fsp3) is 0.190. The molecule has 0 radical (unpaired) electrons. The van der Waals surface area contributed by atoms with Gasteiger partial charge in [0.1, 0.15) is 5.84 Å². The van der Waals surface area contributed by atoms with Crippen LogP contribution in [0.5, 0.6) is 0 Å². The average Bonchev–Trinajstić information content (AvgIpc) is 3.27. The lowest BCUT2D eigenvalue weighted by Gasteiger charge is -2.16. The average molecular weight is 423 g/mol. The zero-order valence-electron chi connectivity index (χ0n) is 16.2. The lowest BCUT2D eigenvalue weighted by molar-refractivity contribution is -0.120. The second-order valence-electron chi connectivity index (χ2n) is 7.53. The third kappa shape index (κ3) is 3.17. The van der Waals surface area contributed by atoms with Gasteiger partial charge in [-0.1, -0.05) is 30.3 Å². The molecular weight excluding hydrogens is 402 g/mol. The number of rotatable bonds is 6. The van der Waals surface area contributed by atoms with E-state index >= 15 is 0 Å². The van der Waals surface area contributed by atoms with E-state index in [1.807, 2.05) is 18.2 Å². The summed E-state index contributed by atoms with van der Waals surface area (Å²) in [4.78, 5) is 16.4. The van der Waals surface area contributed by atoms with Crippen LogP contribution in [0.3, 0.4) is 0 Å². The number of hydrogen-bond acceptors (Lipinski definition) is 5. The Morgan fingerprint density at radius 1 is 1.20 bits per heavy atom.